The van der Waals surface area contributed by atoms with E-state index in [1.165, 1.54) is 0 Å². The fourth-order valence-corrected chi connectivity index (χ4v) is 0.518. The van der Waals surface area contributed by atoms with Crippen LogP contribution in [0.25, 0.3) is 0 Å². The quantitative estimate of drug-likeness (QED) is 0.563. The molecule has 0 bridgehead atoms. The Labute approximate surface area is 53.9 Å². The van der Waals surface area contributed by atoms with Gasteiger partial charge >= 0.3 is 0 Å². The molecule has 1 rings (SSSR count). The third-order valence-corrected chi connectivity index (χ3v) is 1.00. The maximum absolute atomic E-state index is 8.54. The first-order chi connectivity index (χ1) is 4.33. The summed E-state index contributed by atoms with van der Waals surface area (Å²) < 4.78 is 0. The lowest BCUT2D eigenvalue weighted by Gasteiger charge is -1.87. The zero-order valence-electron chi connectivity index (χ0n) is 4.89. The van der Waals surface area contributed by atoms with Crippen LogP contribution in [0.3, 0.4) is 0 Å². The van der Waals surface area contributed by atoms with Gasteiger partial charge in [-0.3, -0.25) is 0 Å². The second-order valence-electron chi connectivity index (χ2n) is 1.72. The summed E-state index contributed by atoms with van der Waals surface area (Å²) in [7, 11) is 0. The Morgan fingerprint density at radius 2 is 2.22 bits per heavy atom. The minimum absolute atomic E-state index is 0.00319. The van der Waals surface area contributed by atoms with E-state index in [-0.39, 0.29) is 6.61 Å². The smallest absolute Gasteiger partial charge is 0.0831 e. The van der Waals surface area contributed by atoms with E-state index in [2.05, 4.69) is 12.1 Å². The molecule has 0 unspecified atom stereocenters. The molecule has 9 heavy (non-hydrogen) atoms. The van der Waals surface area contributed by atoms with Crippen molar-refractivity contribution in [1.82, 2.24) is 0 Å². The molecule has 1 aromatic rings. The number of hydrogen-bond donors (Lipinski definition) is 2. The number of anilines is 1. The normalized spacial score (nSPS) is 8.56. The number of rotatable bonds is 1. The van der Waals surface area contributed by atoms with E-state index in [0.717, 1.165) is 0 Å². The van der Waals surface area contributed by atoms with Gasteiger partial charge in [-0.2, -0.15) is 0 Å². The summed E-state index contributed by atoms with van der Waals surface area (Å²) in [6, 6.07) is 8.73. The Morgan fingerprint density at radius 1 is 1.44 bits per heavy atom. The Bertz CT molecular complexity index is 181. The van der Waals surface area contributed by atoms with Gasteiger partial charge in [0.25, 0.3) is 0 Å². The standard InChI is InChI=1S/C7H7NO/c8-7-3-1-6(5-9)2-4-7/h1,3,9H,5,8H2. The summed E-state index contributed by atoms with van der Waals surface area (Å²) in [5.74, 6) is 0. The molecule has 0 saturated carbocycles. The Kier molecular flexibility index (Phi) is 1.57. The van der Waals surface area contributed by atoms with E-state index in [4.69, 9.17) is 10.8 Å². The molecule has 0 saturated heterocycles. The zero-order chi connectivity index (χ0) is 6.69. The molecule has 0 spiro atoms. The topological polar surface area (TPSA) is 46.2 Å². The van der Waals surface area contributed by atoms with Gasteiger partial charge in [0, 0.05) is 5.56 Å². The number of aliphatic hydroxyl groups excluding tert-OH is 1. The second kappa shape index (κ2) is 2.38. The third-order valence-electron chi connectivity index (χ3n) is 1.00. The van der Waals surface area contributed by atoms with E-state index in [9.17, 15) is 0 Å². The highest BCUT2D eigenvalue weighted by atomic mass is 16.3. The SMILES string of the molecule is Nc1c#cc(CO)cc1. The van der Waals surface area contributed by atoms with E-state index in [1.807, 2.05) is 0 Å². The van der Waals surface area contributed by atoms with Gasteiger partial charge < -0.3 is 10.8 Å². The highest BCUT2D eigenvalue weighted by Crippen LogP contribution is 1.97. The molecule has 0 aliphatic rings. The van der Waals surface area contributed by atoms with Crippen molar-refractivity contribution in [2.75, 3.05) is 5.73 Å². The predicted molar refractivity (Wildman–Crippen MR) is 34.4 cm³/mol. The molecule has 0 heterocycles. The predicted octanol–water partition coefficient (Wildman–Crippen LogP) is 0.361. The van der Waals surface area contributed by atoms with Crippen molar-refractivity contribution >= 4 is 5.69 Å². The molecule has 46 valence electrons. The van der Waals surface area contributed by atoms with Gasteiger partial charge in [0.2, 0.25) is 0 Å². The van der Waals surface area contributed by atoms with Crippen LogP contribution >= 0.6 is 0 Å². The minimum Gasteiger partial charge on any atom is -0.392 e. The van der Waals surface area contributed by atoms with E-state index in [0.29, 0.717) is 11.3 Å². The van der Waals surface area contributed by atoms with Crippen LogP contribution in [0.2, 0.25) is 0 Å². The van der Waals surface area contributed by atoms with E-state index < -0.39 is 0 Å². The molecular formula is C7H7NO. The Morgan fingerprint density at radius 3 is 2.67 bits per heavy atom. The summed E-state index contributed by atoms with van der Waals surface area (Å²) in [4.78, 5) is 0. The highest BCUT2D eigenvalue weighted by Gasteiger charge is 1.84. The van der Waals surface area contributed by atoms with Crippen molar-refractivity contribution in [3.63, 3.8) is 0 Å². The average molecular weight is 121 g/mol. The minimum atomic E-state index is -0.00319. The van der Waals surface area contributed by atoms with Crippen molar-refractivity contribution in [1.29, 1.82) is 0 Å². The summed E-state index contributed by atoms with van der Waals surface area (Å²) in [5.41, 5.74) is 6.57. The monoisotopic (exact) mass is 121 g/mol. The van der Waals surface area contributed by atoms with Crippen LogP contribution in [0, 0.1) is 12.1 Å². The van der Waals surface area contributed by atoms with Crippen LogP contribution < -0.4 is 5.73 Å². The molecule has 1 aromatic carbocycles. The van der Waals surface area contributed by atoms with Gasteiger partial charge in [0.05, 0.1) is 12.3 Å². The van der Waals surface area contributed by atoms with Crippen molar-refractivity contribution in [2.24, 2.45) is 0 Å². The van der Waals surface area contributed by atoms with Gasteiger partial charge in [-0.15, -0.1) is 0 Å². The van der Waals surface area contributed by atoms with Crippen LogP contribution in [0.1, 0.15) is 5.56 Å². The molecule has 0 aliphatic carbocycles. The lowest BCUT2D eigenvalue weighted by atomic mass is 10.3. The molecule has 2 heteroatoms. The number of nitrogens with two attached hydrogens (primary N) is 1. The number of hydrogen-bond acceptors (Lipinski definition) is 2. The first kappa shape index (κ1) is 5.93. The summed E-state index contributed by atoms with van der Waals surface area (Å²) in [5, 5.41) is 8.54. The van der Waals surface area contributed by atoms with Crippen LogP contribution in [-0.4, -0.2) is 5.11 Å². The van der Waals surface area contributed by atoms with Crippen LogP contribution in [0.5, 0.6) is 0 Å². The number of aliphatic hydroxyl groups is 1. The summed E-state index contributed by atoms with van der Waals surface area (Å²) in [6.07, 6.45) is 0. The Hall–Kier alpha value is -1.20. The number of nitrogen functional groups attached to an aromatic ring is 1. The van der Waals surface area contributed by atoms with Crippen LogP contribution in [-0.2, 0) is 6.61 Å². The van der Waals surface area contributed by atoms with Gasteiger partial charge in [-0.05, 0) is 18.2 Å². The second-order valence-corrected chi connectivity index (χ2v) is 1.72. The van der Waals surface area contributed by atoms with Crippen LogP contribution in [0.15, 0.2) is 12.1 Å². The molecule has 0 fully saturated rings. The van der Waals surface area contributed by atoms with Gasteiger partial charge in [0.15, 0.2) is 0 Å². The fourth-order valence-electron chi connectivity index (χ4n) is 0.518. The van der Waals surface area contributed by atoms with Gasteiger partial charge in [0.1, 0.15) is 0 Å². The van der Waals surface area contributed by atoms with Crippen molar-refractivity contribution < 1.29 is 5.11 Å². The fraction of sp³-hybridized carbons (Fsp3) is 0.143. The molecule has 0 aromatic heterocycles. The zero-order valence-corrected chi connectivity index (χ0v) is 4.89. The average Bonchev–Trinajstić information content (AvgIpc) is 1.90. The maximum Gasteiger partial charge on any atom is 0.0831 e. The lowest BCUT2D eigenvalue weighted by Crippen LogP contribution is -1.83. The highest BCUT2D eigenvalue weighted by molar-refractivity contribution is 5.33. The first-order valence-corrected chi connectivity index (χ1v) is 2.62. The van der Waals surface area contributed by atoms with E-state index >= 15 is 0 Å². The van der Waals surface area contributed by atoms with Gasteiger partial charge in [-0.25, -0.2) is 0 Å². The third kappa shape index (κ3) is 1.34. The molecule has 0 aliphatic heterocycles. The van der Waals surface area contributed by atoms with Gasteiger partial charge in [-0.1, -0.05) is 6.07 Å². The molecular weight excluding hydrogens is 114 g/mol. The largest absolute Gasteiger partial charge is 0.392 e. The first-order valence-electron chi connectivity index (χ1n) is 2.62. The lowest BCUT2D eigenvalue weighted by molar-refractivity contribution is 0.282. The molecule has 2 nitrogen and oxygen atoms in total. The van der Waals surface area contributed by atoms with Crippen molar-refractivity contribution in [2.45, 2.75) is 6.61 Å². The molecule has 0 atom stereocenters. The van der Waals surface area contributed by atoms with Crippen molar-refractivity contribution in [3.8, 4) is 0 Å². The van der Waals surface area contributed by atoms with Crippen molar-refractivity contribution in [3.05, 3.63) is 29.8 Å². The van der Waals surface area contributed by atoms with E-state index in [1.54, 1.807) is 12.1 Å². The Balaban J connectivity index is 2.88. The summed E-state index contributed by atoms with van der Waals surface area (Å²) in [6.45, 7) is -0.00319. The molecule has 3 N–H and O–H groups in total. The maximum atomic E-state index is 8.54. The molecule has 0 amide bonds. The molecule has 0 radical (unpaired) electrons. The van der Waals surface area contributed by atoms with Crippen LogP contribution in [0.4, 0.5) is 5.69 Å². The summed E-state index contributed by atoms with van der Waals surface area (Å²) >= 11 is 0.